The Hall–Kier alpha value is -5.46. The average Bonchev–Trinajstić information content (AvgIpc) is 3.25. The van der Waals surface area contributed by atoms with E-state index in [9.17, 15) is 11.1 Å². The van der Waals surface area contributed by atoms with Gasteiger partial charge in [-0.2, -0.15) is 0 Å². The predicted octanol–water partition coefficient (Wildman–Crippen LogP) is 9.64. The molecule has 1 aliphatic rings. The molecule has 0 heterocycles. The predicted molar refractivity (Wildman–Crippen MR) is 231 cm³/mol. The Morgan fingerprint density at radius 2 is 0.683 bits per heavy atom. The summed E-state index contributed by atoms with van der Waals surface area (Å²) >= 11 is 0. The molecular formula is C46H58N6O8. The fourth-order valence-electron chi connectivity index (χ4n) is 7.37. The monoisotopic (exact) mass is 822 g/mol. The topological polar surface area (TPSA) is 171 Å². The molecule has 320 valence electrons. The third-order valence-electron chi connectivity index (χ3n) is 9.83. The van der Waals surface area contributed by atoms with E-state index in [1.54, 1.807) is 0 Å². The number of fused-ring (bicyclic) bond motifs is 8. The first-order valence-corrected chi connectivity index (χ1v) is 20.9. The summed E-state index contributed by atoms with van der Waals surface area (Å²) in [5.74, 6) is 2.95. The fraction of sp³-hybridized carbons (Fsp3) is 0.478. The molecule has 8 bridgehead atoms. The number of hydrogen-bond acceptors (Lipinski definition) is 10. The summed E-state index contributed by atoms with van der Waals surface area (Å²) < 4.78 is 49.5. The van der Waals surface area contributed by atoms with Crippen LogP contribution in [0.5, 0.6) is 23.0 Å². The number of para-hydroxylation sites is 2. The minimum absolute atomic E-state index is 0.171. The van der Waals surface area contributed by atoms with Gasteiger partial charge in [0.05, 0.1) is 39.5 Å². The summed E-state index contributed by atoms with van der Waals surface area (Å²) in [4.78, 5) is 6.16. The standard InChI is InChI=1S/C46H58N6O8/c1-5-53-15-19-57-43-35-11-9-12-36(43)28-40-24-34(32-50-52-48)26-42(46(40)60-22-18-56-8-4)30-38-14-10-13-37(44(38)58-20-16-54-6-2)29-41-25-33(31-49-51-47)23-39(27-35)45(41)59-21-17-55-7-3/h9-14,23-26H,5-8,15-22,27-32H2,1-4H3. The second-order valence-electron chi connectivity index (χ2n) is 14.0. The van der Waals surface area contributed by atoms with Crippen molar-refractivity contribution in [3.05, 3.63) is 137 Å². The summed E-state index contributed by atoms with van der Waals surface area (Å²) in [6, 6.07) is 20.6. The molecule has 0 aromatic heterocycles. The van der Waals surface area contributed by atoms with Crippen molar-refractivity contribution < 1.29 is 37.9 Å². The molecular weight excluding hydrogens is 765 g/mol. The lowest BCUT2D eigenvalue weighted by Gasteiger charge is -2.24. The van der Waals surface area contributed by atoms with Gasteiger partial charge in [-0.05, 0) is 94.4 Å². The van der Waals surface area contributed by atoms with Crippen molar-refractivity contribution in [2.24, 2.45) is 10.2 Å². The third-order valence-corrected chi connectivity index (χ3v) is 9.83. The van der Waals surface area contributed by atoms with Gasteiger partial charge in [0.25, 0.3) is 0 Å². The maximum absolute atomic E-state index is 9.35. The number of nitrogens with zero attached hydrogens (tertiary/aromatic N) is 6. The van der Waals surface area contributed by atoms with Crippen molar-refractivity contribution >= 4 is 0 Å². The summed E-state index contributed by atoms with van der Waals surface area (Å²) in [5, 5.41) is 7.91. The number of ether oxygens (including phenoxy) is 8. The van der Waals surface area contributed by atoms with Crippen molar-refractivity contribution in [3.8, 4) is 23.0 Å². The molecule has 0 saturated carbocycles. The van der Waals surface area contributed by atoms with Crippen LogP contribution in [0.1, 0.15) is 83.3 Å². The second-order valence-corrected chi connectivity index (χ2v) is 14.0. The van der Waals surface area contributed by atoms with E-state index in [-0.39, 0.29) is 13.1 Å². The zero-order chi connectivity index (χ0) is 42.4. The van der Waals surface area contributed by atoms with E-state index in [4.69, 9.17) is 37.9 Å². The highest BCUT2D eigenvalue weighted by Gasteiger charge is 2.23. The van der Waals surface area contributed by atoms with E-state index in [1.807, 2.05) is 39.8 Å². The van der Waals surface area contributed by atoms with E-state index in [1.165, 1.54) is 0 Å². The van der Waals surface area contributed by atoms with Crippen molar-refractivity contribution in [2.45, 2.75) is 66.5 Å². The minimum Gasteiger partial charge on any atom is -0.491 e. The summed E-state index contributed by atoms with van der Waals surface area (Å²) in [6.07, 6.45) is 1.82. The van der Waals surface area contributed by atoms with Crippen LogP contribution in [0.25, 0.3) is 20.9 Å². The van der Waals surface area contributed by atoms with E-state index < -0.39 is 0 Å². The van der Waals surface area contributed by atoms with Crippen LogP contribution in [0, 0.1) is 0 Å². The Bertz CT molecular complexity index is 1840. The zero-order valence-electron chi connectivity index (χ0n) is 35.5. The summed E-state index contributed by atoms with van der Waals surface area (Å²) in [5.41, 5.74) is 27.9. The van der Waals surface area contributed by atoms with Gasteiger partial charge in [-0.3, -0.25) is 0 Å². The highest BCUT2D eigenvalue weighted by Crippen LogP contribution is 2.40. The number of azide groups is 2. The molecule has 4 aromatic carbocycles. The van der Waals surface area contributed by atoms with Crippen molar-refractivity contribution in [2.75, 3.05) is 79.3 Å². The summed E-state index contributed by atoms with van der Waals surface area (Å²) in [6.45, 7) is 13.6. The molecule has 0 N–H and O–H groups in total. The van der Waals surface area contributed by atoms with Crippen LogP contribution in [0.4, 0.5) is 0 Å². The van der Waals surface area contributed by atoms with Gasteiger partial charge in [0.15, 0.2) is 0 Å². The van der Waals surface area contributed by atoms with Crippen molar-refractivity contribution in [1.82, 2.24) is 0 Å². The van der Waals surface area contributed by atoms with Crippen LogP contribution in [-0.4, -0.2) is 79.3 Å². The summed E-state index contributed by atoms with van der Waals surface area (Å²) in [7, 11) is 0. The fourth-order valence-corrected chi connectivity index (χ4v) is 7.37. The smallest absolute Gasteiger partial charge is 0.126 e. The molecule has 0 radical (unpaired) electrons. The molecule has 0 aliphatic heterocycles. The van der Waals surface area contributed by atoms with E-state index >= 15 is 0 Å². The lowest BCUT2D eigenvalue weighted by Crippen LogP contribution is -2.14. The lowest BCUT2D eigenvalue weighted by atomic mass is 9.89. The van der Waals surface area contributed by atoms with Crippen molar-refractivity contribution in [1.29, 1.82) is 0 Å². The van der Waals surface area contributed by atoms with Crippen LogP contribution in [-0.2, 0) is 57.7 Å². The van der Waals surface area contributed by atoms with Crippen LogP contribution in [0.2, 0.25) is 0 Å². The first-order valence-electron chi connectivity index (χ1n) is 20.9. The van der Waals surface area contributed by atoms with E-state index in [0.29, 0.717) is 105 Å². The maximum Gasteiger partial charge on any atom is 0.126 e. The Morgan fingerprint density at radius 1 is 0.417 bits per heavy atom. The zero-order valence-corrected chi connectivity index (χ0v) is 35.5. The van der Waals surface area contributed by atoms with Gasteiger partial charge in [0.2, 0.25) is 0 Å². The Morgan fingerprint density at radius 3 is 0.933 bits per heavy atom. The van der Waals surface area contributed by atoms with E-state index in [2.05, 4.69) is 68.6 Å². The molecule has 0 spiro atoms. The highest BCUT2D eigenvalue weighted by atomic mass is 16.5. The average molecular weight is 823 g/mol. The van der Waals surface area contributed by atoms with Gasteiger partial charge >= 0.3 is 0 Å². The van der Waals surface area contributed by atoms with Gasteiger partial charge in [-0.15, -0.1) is 0 Å². The van der Waals surface area contributed by atoms with Crippen LogP contribution >= 0.6 is 0 Å². The molecule has 14 heteroatoms. The molecule has 14 nitrogen and oxygen atoms in total. The molecule has 60 heavy (non-hydrogen) atoms. The van der Waals surface area contributed by atoms with Gasteiger partial charge in [-0.1, -0.05) is 70.9 Å². The molecule has 0 fully saturated rings. The van der Waals surface area contributed by atoms with Gasteiger partial charge < -0.3 is 37.9 Å². The first kappa shape index (κ1) is 45.6. The first-order chi connectivity index (χ1) is 29.5. The number of hydrogen-bond donors (Lipinski definition) is 0. The molecule has 0 atom stereocenters. The van der Waals surface area contributed by atoms with Crippen LogP contribution in [0.15, 0.2) is 70.9 Å². The molecule has 0 saturated heterocycles. The van der Waals surface area contributed by atoms with Crippen LogP contribution in [0.3, 0.4) is 0 Å². The maximum atomic E-state index is 9.35. The molecule has 1 aliphatic carbocycles. The van der Waals surface area contributed by atoms with Gasteiger partial charge in [0.1, 0.15) is 49.4 Å². The lowest BCUT2D eigenvalue weighted by molar-refractivity contribution is 0.108. The molecule has 5 rings (SSSR count). The van der Waals surface area contributed by atoms with Gasteiger partial charge in [-0.25, -0.2) is 0 Å². The number of rotatable bonds is 24. The molecule has 0 unspecified atom stereocenters. The Labute approximate surface area is 353 Å². The quantitative estimate of drug-likeness (QED) is 0.0256. The third kappa shape index (κ3) is 13.3. The molecule has 0 amide bonds. The largest absolute Gasteiger partial charge is 0.491 e. The second kappa shape index (κ2) is 25.2. The Kier molecular flexibility index (Phi) is 19.2. The molecule has 4 aromatic rings. The van der Waals surface area contributed by atoms with Gasteiger partial charge in [0, 0.05) is 61.9 Å². The van der Waals surface area contributed by atoms with Crippen molar-refractivity contribution in [3.63, 3.8) is 0 Å². The minimum atomic E-state index is 0.171. The SMILES string of the molecule is CCOCCOc1c2cccc1Cc1cc(CN=[N+]=[N-])cc(c1OCCOCC)Cc1cccc(c1OCCOCC)Cc1cc(CN=[N+]=[N-])cc(c1OCCOCC)C2. The van der Waals surface area contributed by atoms with E-state index in [0.717, 1.165) is 78.6 Å². The normalized spacial score (nSPS) is 11.9. The van der Waals surface area contributed by atoms with Crippen LogP contribution < -0.4 is 18.9 Å². The Balaban J connectivity index is 1.80. The number of benzene rings is 4. The highest BCUT2D eigenvalue weighted by molar-refractivity contribution is 5.57.